The lowest BCUT2D eigenvalue weighted by Crippen LogP contribution is -2.17. The fourth-order valence-electron chi connectivity index (χ4n) is 0.711. The van der Waals surface area contributed by atoms with Crippen molar-refractivity contribution in [3.63, 3.8) is 0 Å². The van der Waals surface area contributed by atoms with Gasteiger partial charge in [0.15, 0.2) is 0 Å². The summed E-state index contributed by atoms with van der Waals surface area (Å²) in [6, 6.07) is 0. The van der Waals surface area contributed by atoms with Crippen LogP contribution in [0.25, 0.3) is 0 Å². The summed E-state index contributed by atoms with van der Waals surface area (Å²) >= 11 is 0. The summed E-state index contributed by atoms with van der Waals surface area (Å²) < 4.78 is 4.90. The molecule has 0 atom stereocenters. The molecule has 5 heteroatoms. The van der Waals surface area contributed by atoms with Gasteiger partial charge in [-0.05, 0) is 6.92 Å². The van der Waals surface area contributed by atoms with Crippen LogP contribution in [-0.2, 0) is 9.53 Å². The van der Waals surface area contributed by atoms with E-state index in [0.717, 1.165) is 0 Å². The van der Waals surface area contributed by atoms with E-state index in [4.69, 9.17) is 4.74 Å². The van der Waals surface area contributed by atoms with Crippen molar-refractivity contribution in [1.29, 1.82) is 0 Å². The summed E-state index contributed by atoms with van der Waals surface area (Å²) in [7, 11) is 0. The van der Waals surface area contributed by atoms with Crippen LogP contribution in [0.3, 0.4) is 0 Å². The topological polar surface area (TPSA) is 67.0 Å². The van der Waals surface area contributed by atoms with Crippen molar-refractivity contribution < 1.29 is 9.53 Å². The third kappa shape index (κ3) is 2.71. The molecule has 0 unspecified atom stereocenters. The molecule has 1 rings (SSSR count). The zero-order chi connectivity index (χ0) is 8.81. The molecule has 0 fully saturated rings. The fraction of sp³-hybridized carbons (Fsp3) is 0.429. The van der Waals surface area contributed by atoms with Crippen LogP contribution in [0.2, 0.25) is 0 Å². The lowest BCUT2D eigenvalue weighted by Gasteiger charge is -2.00. The molecule has 12 heavy (non-hydrogen) atoms. The molecule has 1 heterocycles. The van der Waals surface area contributed by atoms with E-state index in [1.54, 1.807) is 6.20 Å². The van der Waals surface area contributed by atoms with Crippen LogP contribution in [0.1, 0.15) is 6.92 Å². The van der Waals surface area contributed by atoms with Gasteiger partial charge in [-0.3, -0.25) is 9.89 Å². The van der Waals surface area contributed by atoms with E-state index in [9.17, 15) is 4.79 Å². The van der Waals surface area contributed by atoms with Crippen LogP contribution in [-0.4, -0.2) is 29.3 Å². The second kappa shape index (κ2) is 4.50. The quantitative estimate of drug-likeness (QED) is 0.684. The Morgan fingerprint density at radius 1 is 1.83 bits per heavy atom. The molecule has 0 aliphatic carbocycles. The highest BCUT2D eigenvalue weighted by Gasteiger charge is 2.01. The molecule has 0 saturated carbocycles. The first-order chi connectivity index (χ1) is 5.83. The number of carbonyl (C=O) groups is 1. The smallest absolute Gasteiger partial charge is 0.250 e. The Labute approximate surface area is 70.1 Å². The maximum absolute atomic E-state index is 11.0. The average molecular weight is 169 g/mol. The van der Waals surface area contributed by atoms with Crippen LogP contribution in [0.5, 0.6) is 0 Å². The van der Waals surface area contributed by atoms with Gasteiger partial charge in [-0.2, -0.15) is 5.10 Å². The number of carbonyl (C=O) groups excluding carboxylic acids is 1. The number of hydrogen-bond acceptors (Lipinski definition) is 3. The molecule has 66 valence electrons. The molecule has 2 N–H and O–H groups in total. The second-order valence-corrected chi connectivity index (χ2v) is 2.17. The van der Waals surface area contributed by atoms with Crippen LogP contribution in [0.15, 0.2) is 12.4 Å². The number of nitrogens with one attached hydrogen (secondary N) is 2. The SMILES string of the molecule is CCOCC(=O)Nc1cn[nH]c1. The van der Waals surface area contributed by atoms with Gasteiger partial charge in [-0.15, -0.1) is 0 Å². The minimum atomic E-state index is -0.168. The molecule has 0 spiro atoms. The lowest BCUT2D eigenvalue weighted by atomic mass is 10.5. The number of hydrogen-bond donors (Lipinski definition) is 2. The summed E-state index contributed by atoms with van der Waals surface area (Å²) in [5, 5.41) is 8.86. The molecule has 0 aliphatic heterocycles. The van der Waals surface area contributed by atoms with E-state index in [1.165, 1.54) is 6.20 Å². The van der Waals surface area contributed by atoms with Crippen molar-refractivity contribution in [2.45, 2.75) is 6.92 Å². The summed E-state index contributed by atoms with van der Waals surface area (Å²) in [6.07, 6.45) is 3.13. The monoisotopic (exact) mass is 169 g/mol. The second-order valence-electron chi connectivity index (χ2n) is 2.17. The van der Waals surface area contributed by atoms with Gasteiger partial charge in [-0.1, -0.05) is 0 Å². The van der Waals surface area contributed by atoms with Gasteiger partial charge in [-0.25, -0.2) is 0 Å². The number of aromatic amines is 1. The fourth-order valence-corrected chi connectivity index (χ4v) is 0.711. The highest BCUT2D eigenvalue weighted by Crippen LogP contribution is 1.99. The van der Waals surface area contributed by atoms with Crippen molar-refractivity contribution in [2.24, 2.45) is 0 Å². The van der Waals surface area contributed by atoms with Gasteiger partial charge in [0.1, 0.15) is 6.61 Å². The number of anilines is 1. The van der Waals surface area contributed by atoms with E-state index in [0.29, 0.717) is 12.3 Å². The number of ether oxygens (including phenoxy) is 1. The van der Waals surface area contributed by atoms with Crippen LogP contribution >= 0.6 is 0 Å². The molecular formula is C7H11N3O2. The van der Waals surface area contributed by atoms with Gasteiger partial charge < -0.3 is 10.1 Å². The van der Waals surface area contributed by atoms with Crippen LogP contribution in [0, 0.1) is 0 Å². The zero-order valence-electron chi connectivity index (χ0n) is 6.83. The van der Waals surface area contributed by atoms with E-state index in [2.05, 4.69) is 15.5 Å². The molecule has 1 amide bonds. The van der Waals surface area contributed by atoms with Crippen LogP contribution in [0.4, 0.5) is 5.69 Å². The standard InChI is InChI=1S/C7H11N3O2/c1-2-12-5-7(11)10-6-3-8-9-4-6/h3-4H,2,5H2,1H3,(H,8,9)(H,10,11). The molecule has 0 saturated heterocycles. The van der Waals surface area contributed by atoms with E-state index in [-0.39, 0.29) is 12.5 Å². The molecular weight excluding hydrogens is 158 g/mol. The third-order valence-electron chi connectivity index (χ3n) is 1.22. The van der Waals surface area contributed by atoms with Gasteiger partial charge in [0.25, 0.3) is 0 Å². The predicted octanol–water partition coefficient (Wildman–Crippen LogP) is 0.385. The molecule has 0 bridgehead atoms. The molecule has 0 radical (unpaired) electrons. The normalized spacial score (nSPS) is 9.75. The summed E-state index contributed by atoms with van der Waals surface area (Å²) in [4.78, 5) is 11.0. The first-order valence-corrected chi connectivity index (χ1v) is 3.69. The minimum Gasteiger partial charge on any atom is -0.372 e. The van der Waals surface area contributed by atoms with E-state index < -0.39 is 0 Å². The molecule has 1 aromatic heterocycles. The maximum Gasteiger partial charge on any atom is 0.250 e. The van der Waals surface area contributed by atoms with E-state index in [1.807, 2.05) is 6.92 Å². The lowest BCUT2D eigenvalue weighted by molar-refractivity contribution is -0.120. The Hall–Kier alpha value is -1.36. The highest BCUT2D eigenvalue weighted by molar-refractivity contribution is 5.91. The zero-order valence-corrected chi connectivity index (χ0v) is 6.83. The Morgan fingerprint density at radius 3 is 3.25 bits per heavy atom. The highest BCUT2D eigenvalue weighted by atomic mass is 16.5. The first kappa shape index (κ1) is 8.73. The summed E-state index contributed by atoms with van der Waals surface area (Å²) in [5.74, 6) is -0.168. The Bertz CT molecular complexity index is 233. The first-order valence-electron chi connectivity index (χ1n) is 3.69. The van der Waals surface area contributed by atoms with Crippen molar-refractivity contribution in [3.8, 4) is 0 Å². The van der Waals surface area contributed by atoms with Crippen molar-refractivity contribution in [2.75, 3.05) is 18.5 Å². The van der Waals surface area contributed by atoms with Crippen molar-refractivity contribution in [3.05, 3.63) is 12.4 Å². The molecule has 1 aromatic rings. The predicted molar refractivity (Wildman–Crippen MR) is 43.7 cm³/mol. The number of nitrogens with zero attached hydrogens (tertiary/aromatic N) is 1. The Morgan fingerprint density at radius 2 is 2.67 bits per heavy atom. The summed E-state index contributed by atoms with van der Waals surface area (Å²) in [6.45, 7) is 2.46. The number of rotatable bonds is 4. The Kier molecular flexibility index (Phi) is 3.28. The number of H-pyrrole nitrogens is 1. The van der Waals surface area contributed by atoms with Crippen molar-refractivity contribution in [1.82, 2.24) is 10.2 Å². The molecule has 0 aromatic carbocycles. The van der Waals surface area contributed by atoms with E-state index >= 15 is 0 Å². The molecule has 0 aliphatic rings. The maximum atomic E-state index is 11.0. The van der Waals surface area contributed by atoms with Crippen LogP contribution < -0.4 is 5.32 Å². The van der Waals surface area contributed by atoms with Gasteiger partial charge in [0, 0.05) is 12.8 Å². The third-order valence-corrected chi connectivity index (χ3v) is 1.22. The van der Waals surface area contributed by atoms with Gasteiger partial charge >= 0.3 is 0 Å². The summed E-state index contributed by atoms with van der Waals surface area (Å²) in [5.41, 5.74) is 0.653. The van der Waals surface area contributed by atoms with Crippen molar-refractivity contribution >= 4 is 11.6 Å². The largest absolute Gasteiger partial charge is 0.372 e. The average Bonchev–Trinajstić information content (AvgIpc) is 2.53. The Balaban J connectivity index is 2.27. The van der Waals surface area contributed by atoms with Gasteiger partial charge in [0.2, 0.25) is 5.91 Å². The number of aromatic nitrogens is 2. The minimum absolute atomic E-state index is 0.0850. The van der Waals surface area contributed by atoms with Gasteiger partial charge in [0.05, 0.1) is 11.9 Å². The number of amides is 1. The molecule has 5 nitrogen and oxygen atoms in total.